The molecule has 0 bridgehead atoms. The largest absolute Gasteiger partial charge is 0.433 e. The van der Waals surface area contributed by atoms with Gasteiger partial charge in [0.1, 0.15) is 5.82 Å². The monoisotopic (exact) mass is 373 g/mol. The second kappa shape index (κ2) is 6.64. The summed E-state index contributed by atoms with van der Waals surface area (Å²) in [6, 6.07) is 13.9. The number of benzene rings is 2. The Labute approximate surface area is 153 Å². The molecular weight excluding hydrogens is 358 g/mol. The van der Waals surface area contributed by atoms with Gasteiger partial charge in [0.05, 0.1) is 5.69 Å². The Morgan fingerprint density at radius 2 is 1.59 bits per heavy atom. The van der Waals surface area contributed by atoms with Crippen molar-refractivity contribution in [1.82, 2.24) is 9.97 Å². The zero-order valence-corrected chi connectivity index (χ0v) is 14.2. The lowest BCUT2D eigenvalue weighted by Crippen LogP contribution is -2.32. The first-order chi connectivity index (χ1) is 12.9. The van der Waals surface area contributed by atoms with Gasteiger partial charge in [-0.25, -0.2) is 14.4 Å². The standard InChI is InChI=1S/C20H15F4N3/c21-16-7-5-14(6-8-16)17-11-18(20(22,23)24)26-19(25-17)27-10-9-13-3-1-2-4-15(13)12-27/h1-8,11H,9-10,12H2. The molecule has 3 nitrogen and oxygen atoms in total. The maximum absolute atomic E-state index is 13.4. The van der Waals surface area contributed by atoms with Gasteiger partial charge in [0.25, 0.3) is 0 Å². The zero-order chi connectivity index (χ0) is 19.0. The van der Waals surface area contributed by atoms with Gasteiger partial charge in [0.2, 0.25) is 5.95 Å². The van der Waals surface area contributed by atoms with Gasteiger partial charge >= 0.3 is 6.18 Å². The van der Waals surface area contributed by atoms with Crippen molar-refractivity contribution >= 4 is 5.95 Å². The third kappa shape index (κ3) is 3.63. The minimum absolute atomic E-state index is 0.0265. The van der Waals surface area contributed by atoms with Crippen LogP contribution >= 0.6 is 0 Å². The van der Waals surface area contributed by atoms with Crippen molar-refractivity contribution in [1.29, 1.82) is 0 Å². The average molecular weight is 373 g/mol. The Morgan fingerprint density at radius 3 is 2.30 bits per heavy atom. The smallest absolute Gasteiger partial charge is 0.336 e. The topological polar surface area (TPSA) is 29.0 Å². The van der Waals surface area contributed by atoms with Crippen LogP contribution < -0.4 is 4.90 Å². The second-order valence-electron chi connectivity index (χ2n) is 6.38. The predicted octanol–water partition coefficient (Wildman–Crippen LogP) is 4.86. The van der Waals surface area contributed by atoms with E-state index in [0.29, 0.717) is 25.1 Å². The van der Waals surface area contributed by atoms with Crippen LogP contribution in [-0.2, 0) is 19.1 Å². The molecule has 3 aromatic rings. The highest BCUT2D eigenvalue weighted by Crippen LogP contribution is 2.33. The summed E-state index contributed by atoms with van der Waals surface area (Å²) in [5.41, 5.74) is 1.74. The van der Waals surface area contributed by atoms with Gasteiger partial charge in [-0.3, -0.25) is 0 Å². The number of alkyl halides is 3. The number of aromatic nitrogens is 2. The summed E-state index contributed by atoms with van der Waals surface area (Å²) < 4.78 is 53.3. The lowest BCUT2D eigenvalue weighted by molar-refractivity contribution is -0.141. The molecule has 0 atom stereocenters. The summed E-state index contributed by atoms with van der Waals surface area (Å²) in [6.45, 7) is 0.974. The molecule has 0 saturated heterocycles. The van der Waals surface area contributed by atoms with E-state index in [2.05, 4.69) is 9.97 Å². The Hall–Kier alpha value is -2.96. The fourth-order valence-electron chi connectivity index (χ4n) is 3.16. The number of halogens is 4. The molecule has 0 saturated carbocycles. The minimum Gasteiger partial charge on any atom is -0.336 e. The van der Waals surface area contributed by atoms with Crippen LogP contribution in [0.25, 0.3) is 11.3 Å². The van der Waals surface area contributed by atoms with Gasteiger partial charge < -0.3 is 4.90 Å². The summed E-state index contributed by atoms with van der Waals surface area (Å²) in [5.74, 6) is -0.435. The van der Waals surface area contributed by atoms with E-state index < -0.39 is 17.7 Å². The maximum Gasteiger partial charge on any atom is 0.433 e. The molecule has 27 heavy (non-hydrogen) atoms. The summed E-state index contributed by atoms with van der Waals surface area (Å²) in [7, 11) is 0. The van der Waals surface area contributed by atoms with E-state index in [1.807, 2.05) is 24.3 Å². The van der Waals surface area contributed by atoms with Crippen LogP contribution in [0.5, 0.6) is 0 Å². The molecule has 0 fully saturated rings. The van der Waals surface area contributed by atoms with E-state index in [-0.39, 0.29) is 11.6 Å². The highest BCUT2D eigenvalue weighted by atomic mass is 19.4. The number of fused-ring (bicyclic) bond motifs is 1. The van der Waals surface area contributed by atoms with Crippen molar-refractivity contribution in [2.45, 2.75) is 19.1 Å². The first kappa shape index (κ1) is 17.5. The number of hydrogen-bond acceptors (Lipinski definition) is 3. The number of rotatable bonds is 2. The molecule has 0 spiro atoms. The van der Waals surface area contributed by atoms with Crippen molar-refractivity contribution in [2.24, 2.45) is 0 Å². The molecule has 2 heterocycles. The molecule has 0 N–H and O–H groups in total. The highest BCUT2D eigenvalue weighted by molar-refractivity contribution is 5.61. The normalized spacial score (nSPS) is 14.1. The van der Waals surface area contributed by atoms with Crippen molar-refractivity contribution in [3.05, 3.63) is 77.2 Å². The van der Waals surface area contributed by atoms with Crippen LogP contribution in [0.15, 0.2) is 54.6 Å². The van der Waals surface area contributed by atoms with Crippen molar-refractivity contribution < 1.29 is 17.6 Å². The SMILES string of the molecule is Fc1ccc(-c2cc(C(F)(F)F)nc(N3CCc4ccccc4C3)n2)cc1. The van der Waals surface area contributed by atoms with Gasteiger partial charge in [0, 0.05) is 18.7 Å². The zero-order valence-electron chi connectivity index (χ0n) is 14.2. The highest BCUT2D eigenvalue weighted by Gasteiger charge is 2.34. The average Bonchev–Trinajstić information content (AvgIpc) is 2.67. The van der Waals surface area contributed by atoms with E-state index >= 15 is 0 Å². The Kier molecular flexibility index (Phi) is 4.30. The van der Waals surface area contributed by atoms with E-state index in [1.165, 1.54) is 29.8 Å². The quantitative estimate of drug-likeness (QED) is 0.601. The number of anilines is 1. The fraction of sp³-hybridized carbons (Fsp3) is 0.200. The molecule has 4 rings (SSSR count). The maximum atomic E-state index is 13.4. The Bertz CT molecular complexity index is 968. The summed E-state index contributed by atoms with van der Waals surface area (Å²) in [5, 5.41) is 0. The van der Waals surface area contributed by atoms with Gasteiger partial charge in [-0.05, 0) is 47.9 Å². The van der Waals surface area contributed by atoms with Gasteiger partial charge in [0.15, 0.2) is 5.69 Å². The third-order valence-electron chi connectivity index (χ3n) is 4.56. The van der Waals surface area contributed by atoms with Gasteiger partial charge in [-0.2, -0.15) is 13.2 Å². The summed E-state index contributed by atoms with van der Waals surface area (Å²) >= 11 is 0. The van der Waals surface area contributed by atoms with Crippen LogP contribution in [0.1, 0.15) is 16.8 Å². The molecule has 138 valence electrons. The number of hydrogen-bond donors (Lipinski definition) is 0. The van der Waals surface area contributed by atoms with Crippen LogP contribution in [0.2, 0.25) is 0 Å². The molecule has 0 unspecified atom stereocenters. The van der Waals surface area contributed by atoms with Crippen molar-refractivity contribution in [3.63, 3.8) is 0 Å². The van der Waals surface area contributed by atoms with E-state index in [9.17, 15) is 17.6 Å². The molecule has 2 aromatic carbocycles. The fourth-order valence-corrected chi connectivity index (χ4v) is 3.16. The second-order valence-corrected chi connectivity index (χ2v) is 6.38. The lowest BCUT2D eigenvalue weighted by atomic mass is 10.0. The lowest BCUT2D eigenvalue weighted by Gasteiger charge is -2.29. The van der Waals surface area contributed by atoms with Gasteiger partial charge in [-0.1, -0.05) is 24.3 Å². The van der Waals surface area contributed by atoms with Crippen molar-refractivity contribution in [3.8, 4) is 11.3 Å². The van der Waals surface area contributed by atoms with E-state index in [1.54, 1.807) is 4.90 Å². The van der Waals surface area contributed by atoms with Crippen LogP contribution in [0.3, 0.4) is 0 Å². The molecule has 0 radical (unpaired) electrons. The molecular formula is C20H15F4N3. The molecule has 7 heteroatoms. The van der Waals surface area contributed by atoms with E-state index in [4.69, 9.17) is 0 Å². The summed E-state index contributed by atoms with van der Waals surface area (Å²) in [6.07, 6.45) is -3.89. The van der Waals surface area contributed by atoms with Gasteiger partial charge in [-0.15, -0.1) is 0 Å². The van der Waals surface area contributed by atoms with E-state index in [0.717, 1.165) is 11.6 Å². The summed E-state index contributed by atoms with van der Waals surface area (Å²) in [4.78, 5) is 9.84. The molecule has 1 aromatic heterocycles. The van der Waals surface area contributed by atoms with Crippen molar-refractivity contribution in [2.75, 3.05) is 11.4 Å². The Morgan fingerprint density at radius 1 is 0.889 bits per heavy atom. The van der Waals surface area contributed by atoms with Crippen LogP contribution in [-0.4, -0.2) is 16.5 Å². The molecule has 1 aliphatic heterocycles. The Balaban J connectivity index is 1.76. The molecule has 1 aliphatic rings. The molecule has 0 amide bonds. The third-order valence-corrected chi connectivity index (χ3v) is 4.56. The first-order valence-electron chi connectivity index (χ1n) is 8.44. The first-order valence-corrected chi connectivity index (χ1v) is 8.44. The van der Waals surface area contributed by atoms with Crippen LogP contribution in [0.4, 0.5) is 23.5 Å². The minimum atomic E-state index is -4.60. The predicted molar refractivity (Wildman–Crippen MR) is 93.6 cm³/mol. The molecule has 0 aliphatic carbocycles. The van der Waals surface area contributed by atoms with Crippen LogP contribution in [0, 0.1) is 5.82 Å². The number of nitrogens with zero attached hydrogens (tertiary/aromatic N) is 3.